The minimum Gasteiger partial charge on any atom is -0.550 e. The van der Waals surface area contributed by atoms with Crippen LogP contribution in [0.5, 0.6) is 0 Å². The molecule has 0 bridgehead atoms. The van der Waals surface area contributed by atoms with Crippen LogP contribution in [0, 0.1) is 6.92 Å². The third-order valence-electron chi connectivity index (χ3n) is 3.51. The van der Waals surface area contributed by atoms with Gasteiger partial charge in [0.25, 0.3) is 5.91 Å². The lowest BCUT2D eigenvalue weighted by atomic mass is 10.1. The molecule has 0 saturated heterocycles. The van der Waals surface area contributed by atoms with E-state index in [-0.39, 0.29) is 25.3 Å². The Morgan fingerprint density at radius 1 is 1.24 bits per heavy atom. The van der Waals surface area contributed by atoms with E-state index in [2.05, 4.69) is 15.8 Å². The van der Waals surface area contributed by atoms with Crippen molar-refractivity contribution >= 4 is 23.3 Å². The zero-order valence-corrected chi connectivity index (χ0v) is 14.2. The monoisotopic (exact) mass is 342 g/mol. The Labute approximate surface area is 145 Å². The number of nitrogens with zero attached hydrogens (tertiary/aromatic N) is 1. The van der Waals surface area contributed by atoms with Crippen molar-refractivity contribution in [2.75, 3.05) is 11.9 Å². The van der Waals surface area contributed by atoms with E-state index in [0.29, 0.717) is 17.2 Å². The number of carbonyl (C=O) groups excluding carboxylic acids is 2. The van der Waals surface area contributed by atoms with E-state index >= 15 is 0 Å². The van der Waals surface area contributed by atoms with Gasteiger partial charge in [0.05, 0.1) is 12.3 Å². The third kappa shape index (κ3) is 5.80. The van der Waals surface area contributed by atoms with Crippen molar-refractivity contribution in [1.82, 2.24) is 5.43 Å². The molecule has 0 aliphatic heterocycles. The average molecular weight is 342 g/mol. The maximum atomic E-state index is 11.8. The number of hydrogen-bond donors (Lipinski definition) is 2. The van der Waals surface area contributed by atoms with Gasteiger partial charge in [0.2, 0.25) is 0 Å². The van der Waals surface area contributed by atoms with Crippen LogP contribution in [0.4, 0.5) is 5.69 Å². The summed E-state index contributed by atoms with van der Waals surface area (Å²) < 4.78 is 5.50. The van der Waals surface area contributed by atoms with Gasteiger partial charge in [-0.05, 0) is 38.5 Å². The molecule has 0 aliphatic rings. The molecule has 2 aromatic rings. The van der Waals surface area contributed by atoms with Gasteiger partial charge in [0.1, 0.15) is 11.5 Å². The average Bonchev–Trinajstić information content (AvgIpc) is 2.98. The fraction of sp³-hybridized carbons (Fsp3) is 0.278. The summed E-state index contributed by atoms with van der Waals surface area (Å²) in [5.74, 6) is -0.240. The largest absolute Gasteiger partial charge is 0.550 e. The maximum Gasteiger partial charge on any atom is 0.259 e. The number of amides is 1. The molecule has 2 N–H and O–H groups in total. The number of para-hydroxylation sites is 1. The first-order valence-corrected chi connectivity index (χ1v) is 7.87. The van der Waals surface area contributed by atoms with Crippen LogP contribution in [0.15, 0.2) is 45.9 Å². The number of hydrogen-bond acceptors (Lipinski definition) is 6. The topological polar surface area (TPSA) is 107 Å². The molecule has 1 aromatic heterocycles. The Kier molecular flexibility index (Phi) is 6.33. The minimum absolute atomic E-state index is 0.0992. The molecule has 132 valence electrons. The van der Waals surface area contributed by atoms with E-state index in [1.54, 1.807) is 19.9 Å². The Morgan fingerprint density at radius 2 is 1.96 bits per heavy atom. The van der Waals surface area contributed by atoms with Crippen LogP contribution in [0.25, 0.3) is 0 Å². The molecule has 0 spiro atoms. The number of carbonyl (C=O) groups is 2. The second-order valence-corrected chi connectivity index (χ2v) is 5.51. The summed E-state index contributed by atoms with van der Waals surface area (Å²) >= 11 is 0. The summed E-state index contributed by atoms with van der Waals surface area (Å²) in [6, 6.07) is 11.1. The van der Waals surface area contributed by atoms with Crippen LogP contribution in [-0.2, 0) is 16.0 Å². The van der Waals surface area contributed by atoms with Gasteiger partial charge in [0, 0.05) is 23.6 Å². The van der Waals surface area contributed by atoms with Gasteiger partial charge >= 0.3 is 0 Å². The third-order valence-corrected chi connectivity index (χ3v) is 3.51. The van der Waals surface area contributed by atoms with E-state index in [4.69, 9.17) is 4.42 Å². The van der Waals surface area contributed by atoms with Gasteiger partial charge < -0.3 is 19.6 Å². The lowest BCUT2D eigenvalue weighted by molar-refractivity contribution is -0.305. The van der Waals surface area contributed by atoms with E-state index in [1.807, 2.05) is 30.3 Å². The van der Waals surface area contributed by atoms with Crippen molar-refractivity contribution in [2.24, 2.45) is 5.10 Å². The number of benzene rings is 1. The second kappa shape index (κ2) is 8.68. The smallest absolute Gasteiger partial charge is 0.259 e. The van der Waals surface area contributed by atoms with Crippen molar-refractivity contribution in [1.29, 1.82) is 0 Å². The maximum absolute atomic E-state index is 11.8. The number of aryl methyl sites for hydroxylation is 2. The van der Waals surface area contributed by atoms with Crippen LogP contribution in [0.1, 0.15) is 30.4 Å². The Balaban J connectivity index is 1.90. The molecule has 2 rings (SSSR count). The van der Waals surface area contributed by atoms with Crippen molar-refractivity contribution in [3.8, 4) is 0 Å². The Morgan fingerprint density at radius 3 is 2.64 bits per heavy atom. The SMILES string of the molecule is C/C(=N/NC(=O)CNc1ccccc1)c1cc(CCC(=O)[O-])oc1C. The van der Waals surface area contributed by atoms with E-state index in [1.165, 1.54) is 0 Å². The lowest BCUT2D eigenvalue weighted by Gasteiger charge is -2.05. The highest BCUT2D eigenvalue weighted by Crippen LogP contribution is 2.17. The van der Waals surface area contributed by atoms with Gasteiger partial charge in [-0.25, -0.2) is 5.43 Å². The van der Waals surface area contributed by atoms with E-state index in [9.17, 15) is 14.7 Å². The lowest BCUT2D eigenvalue weighted by Crippen LogP contribution is -2.26. The Bertz CT molecular complexity index is 766. The Hall–Kier alpha value is -3.09. The first-order valence-electron chi connectivity index (χ1n) is 7.87. The standard InChI is InChI=1S/C18H21N3O4/c1-12(16-10-15(25-13(16)2)8-9-18(23)24)20-21-17(22)11-19-14-6-4-3-5-7-14/h3-7,10,19H,8-9,11H2,1-2H3,(H,21,22)(H,23,24)/p-1/b20-12-. The van der Waals surface area contributed by atoms with E-state index in [0.717, 1.165) is 11.3 Å². The second-order valence-electron chi connectivity index (χ2n) is 5.51. The van der Waals surface area contributed by atoms with Crippen molar-refractivity contribution in [2.45, 2.75) is 26.7 Å². The van der Waals surface area contributed by atoms with Gasteiger partial charge in [0.15, 0.2) is 0 Å². The summed E-state index contributed by atoms with van der Waals surface area (Å²) in [5.41, 5.74) is 4.63. The van der Waals surface area contributed by atoms with Gasteiger partial charge in [-0.1, -0.05) is 18.2 Å². The molecule has 1 heterocycles. The molecule has 0 saturated carbocycles. The fourth-order valence-corrected chi connectivity index (χ4v) is 2.24. The van der Waals surface area contributed by atoms with Crippen molar-refractivity contribution in [3.05, 3.63) is 53.5 Å². The number of nitrogens with one attached hydrogen (secondary N) is 2. The number of carboxylic acid groups (broad SMARTS) is 1. The minimum atomic E-state index is -1.13. The number of furan rings is 1. The molecular formula is C18H20N3O4-. The van der Waals surface area contributed by atoms with Gasteiger partial charge in [-0.3, -0.25) is 4.79 Å². The predicted octanol–water partition coefficient (Wildman–Crippen LogP) is 1.22. The van der Waals surface area contributed by atoms with Crippen LogP contribution in [0.2, 0.25) is 0 Å². The summed E-state index contributed by atoms with van der Waals surface area (Å²) in [5, 5.41) is 17.6. The zero-order chi connectivity index (χ0) is 18.2. The number of hydrazone groups is 1. The molecule has 0 unspecified atom stereocenters. The number of aliphatic carboxylic acids is 1. The predicted molar refractivity (Wildman–Crippen MR) is 92.1 cm³/mol. The normalized spacial score (nSPS) is 11.2. The molecular weight excluding hydrogens is 322 g/mol. The molecule has 25 heavy (non-hydrogen) atoms. The molecule has 0 radical (unpaired) electrons. The van der Waals surface area contributed by atoms with Crippen LogP contribution in [-0.4, -0.2) is 24.1 Å². The number of rotatable bonds is 8. The van der Waals surface area contributed by atoms with E-state index < -0.39 is 5.97 Å². The molecule has 0 atom stereocenters. The molecule has 0 aliphatic carbocycles. The molecule has 1 amide bonds. The first-order chi connectivity index (χ1) is 12.0. The first kappa shape index (κ1) is 18.3. The van der Waals surface area contributed by atoms with Crippen molar-refractivity contribution in [3.63, 3.8) is 0 Å². The summed E-state index contributed by atoms with van der Waals surface area (Å²) in [6.45, 7) is 3.60. The summed E-state index contributed by atoms with van der Waals surface area (Å²) in [4.78, 5) is 22.4. The highest BCUT2D eigenvalue weighted by atomic mass is 16.4. The highest BCUT2D eigenvalue weighted by molar-refractivity contribution is 6.00. The number of carboxylic acids is 1. The zero-order valence-electron chi connectivity index (χ0n) is 14.2. The summed E-state index contributed by atoms with van der Waals surface area (Å²) in [6.07, 6.45) is 0.147. The molecule has 7 heteroatoms. The highest BCUT2D eigenvalue weighted by Gasteiger charge is 2.11. The van der Waals surface area contributed by atoms with Gasteiger partial charge in [-0.15, -0.1) is 0 Å². The quantitative estimate of drug-likeness (QED) is 0.554. The molecule has 7 nitrogen and oxygen atoms in total. The van der Waals surface area contributed by atoms with Crippen LogP contribution < -0.4 is 15.8 Å². The molecule has 1 aromatic carbocycles. The van der Waals surface area contributed by atoms with Crippen LogP contribution in [0.3, 0.4) is 0 Å². The molecule has 0 fully saturated rings. The van der Waals surface area contributed by atoms with Gasteiger partial charge in [-0.2, -0.15) is 5.10 Å². The van der Waals surface area contributed by atoms with Crippen molar-refractivity contribution < 1.29 is 19.1 Å². The van der Waals surface area contributed by atoms with Crippen LogP contribution >= 0.6 is 0 Å². The fourth-order valence-electron chi connectivity index (χ4n) is 2.24. The summed E-state index contributed by atoms with van der Waals surface area (Å²) in [7, 11) is 0. The number of anilines is 1.